The number of carbonyl (C=O) groups is 2. The van der Waals surface area contributed by atoms with E-state index in [1.807, 2.05) is 0 Å². The minimum atomic E-state index is -1.05. The van der Waals surface area contributed by atoms with E-state index in [0.29, 0.717) is 28.5 Å². The van der Waals surface area contributed by atoms with Crippen LogP contribution in [-0.2, 0) is 4.79 Å². The molecular weight excluding hydrogens is 362 g/mol. The van der Waals surface area contributed by atoms with Gasteiger partial charge in [0.15, 0.2) is 18.1 Å². The van der Waals surface area contributed by atoms with Crippen molar-refractivity contribution in [2.75, 3.05) is 19.0 Å². The van der Waals surface area contributed by atoms with E-state index in [9.17, 15) is 9.59 Å². The van der Waals surface area contributed by atoms with Crippen LogP contribution in [0.25, 0.3) is 0 Å². The van der Waals surface area contributed by atoms with Crippen LogP contribution in [0.2, 0.25) is 0 Å². The third-order valence-corrected chi connectivity index (χ3v) is 4.50. The van der Waals surface area contributed by atoms with Gasteiger partial charge in [0.05, 0.1) is 13.2 Å². The molecule has 1 aliphatic carbocycles. The molecule has 7 heteroatoms. The van der Waals surface area contributed by atoms with Gasteiger partial charge >= 0.3 is 5.97 Å². The van der Waals surface area contributed by atoms with Crippen molar-refractivity contribution in [3.8, 4) is 17.2 Å². The Kier molecular flexibility index (Phi) is 6.37. The average Bonchev–Trinajstić information content (AvgIpc) is 3.20. The number of methoxy groups -OCH3 is 1. The number of anilines is 1. The summed E-state index contributed by atoms with van der Waals surface area (Å²) in [6.45, 7) is -0.416. The van der Waals surface area contributed by atoms with Gasteiger partial charge < -0.3 is 24.6 Å². The summed E-state index contributed by atoms with van der Waals surface area (Å²) in [5, 5.41) is 11.4. The molecule has 1 saturated carbocycles. The summed E-state index contributed by atoms with van der Waals surface area (Å²) < 4.78 is 16.4. The number of rotatable bonds is 8. The number of ether oxygens (including phenoxy) is 3. The van der Waals surface area contributed by atoms with E-state index in [0.717, 1.165) is 12.8 Å². The molecule has 3 rings (SSSR count). The first kappa shape index (κ1) is 19.5. The fraction of sp³-hybridized carbons (Fsp3) is 0.333. The van der Waals surface area contributed by atoms with Gasteiger partial charge in [0.2, 0.25) is 0 Å². The minimum Gasteiger partial charge on any atom is -0.493 e. The largest absolute Gasteiger partial charge is 0.493 e. The standard InChI is InChI=1S/C21H23NO6/c1-26-19-12-14(6-11-18(19)28-17-4-2-3-5-17)21(25)22-15-7-9-16(10-8-15)27-13-20(23)24/h6-12,17H,2-5,13H2,1H3,(H,22,25)(H,23,24). The molecule has 0 spiro atoms. The van der Waals surface area contributed by atoms with Gasteiger partial charge in [0.25, 0.3) is 5.91 Å². The molecule has 0 aromatic heterocycles. The molecule has 0 aliphatic heterocycles. The van der Waals surface area contributed by atoms with Crippen molar-refractivity contribution >= 4 is 17.6 Å². The number of amides is 1. The number of hydrogen-bond acceptors (Lipinski definition) is 5. The Labute approximate surface area is 163 Å². The van der Waals surface area contributed by atoms with Crippen LogP contribution in [0, 0.1) is 0 Å². The van der Waals surface area contributed by atoms with Crippen LogP contribution >= 0.6 is 0 Å². The van der Waals surface area contributed by atoms with Crippen LogP contribution < -0.4 is 19.5 Å². The maximum absolute atomic E-state index is 12.5. The lowest BCUT2D eigenvalue weighted by atomic mass is 10.1. The highest BCUT2D eigenvalue weighted by molar-refractivity contribution is 6.04. The maximum atomic E-state index is 12.5. The lowest BCUT2D eigenvalue weighted by molar-refractivity contribution is -0.139. The van der Waals surface area contributed by atoms with Gasteiger partial charge in [-0.2, -0.15) is 0 Å². The summed E-state index contributed by atoms with van der Waals surface area (Å²) >= 11 is 0. The Morgan fingerprint density at radius 1 is 1.07 bits per heavy atom. The topological polar surface area (TPSA) is 94.1 Å². The molecule has 28 heavy (non-hydrogen) atoms. The molecule has 1 aliphatic rings. The third kappa shape index (κ3) is 5.16. The van der Waals surface area contributed by atoms with E-state index in [2.05, 4.69) is 5.32 Å². The van der Waals surface area contributed by atoms with Crippen molar-refractivity contribution in [3.63, 3.8) is 0 Å². The normalized spacial score (nSPS) is 13.8. The van der Waals surface area contributed by atoms with Crippen LogP contribution in [0.5, 0.6) is 17.2 Å². The van der Waals surface area contributed by atoms with Gasteiger partial charge in [-0.15, -0.1) is 0 Å². The van der Waals surface area contributed by atoms with Gasteiger partial charge in [0, 0.05) is 11.3 Å². The van der Waals surface area contributed by atoms with Crippen LogP contribution in [0.3, 0.4) is 0 Å². The quantitative estimate of drug-likeness (QED) is 0.719. The Morgan fingerprint density at radius 3 is 2.43 bits per heavy atom. The maximum Gasteiger partial charge on any atom is 0.341 e. The summed E-state index contributed by atoms with van der Waals surface area (Å²) in [6, 6.07) is 11.6. The first-order valence-corrected chi connectivity index (χ1v) is 9.16. The van der Waals surface area contributed by atoms with Gasteiger partial charge in [-0.05, 0) is 68.1 Å². The molecule has 148 valence electrons. The molecule has 2 N–H and O–H groups in total. The van der Waals surface area contributed by atoms with Crippen molar-refractivity contribution in [3.05, 3.63) is 48.0 Å². The summed E-state index contributed by atoms with van der Waals surface area (Å²) in [6.07, 6.45) is 4.63. The lowest BCUT2D eigenvalue weighted by Crippen LogP contribution is -2.14. The molecule has 0 bridgehead atoms. The summed E-state index contributed by atoms with van der Waals surface area (Å²) in [4.78, 5) is 23.0. The van der Waals surface area contributed by atoms with Crippen LogP contribution in [0.4, 0.5) is 5.69 Å². The monoisotopic (exact) mass is 385 g/mol. The van der Waals surface area contributed by atoms with Crippen molar-refractivity contribution in [2.45, 2.75) is 31.8 Å². The number of carboxylic acids is 1. The van der Waals surface area contributed by atoms with E-state index in [4.69, 9.17) is 19.3 Å². The molecule has 1 amide bonds. The van der Waals surface area contributed by atoms with Crippen molar-refractivity contribution in [2.24, 2.45) is 0 Å². The number of nitrogens with one attached hydrogen (secondary N) is 1. The van der Waals surface area contributed by atoms with E-state index < -0.39 is 12.6 Å². The van der Waals surface area contributed by atoms with Crippen LogP contribution in [-0.4, -0.2) is 36.8 Å². The van der Waals surface area contributed by atoms with E-state index >= 15 is 0 Å². The highest BCUT2D eigenvalue weighted by atomic mass is 16.5. The second-order valence-corrected chi connectivity index (χ2v) is 6.55. The lowest BCUT2D eigenvalue weighted by Gasteiger charge is -2.16. The predicted molar refractivity (Wildman–Crippen MR) is 103 cm³/mol. The summed E-state index contributed by atoms with van der Waals surface area (Å²) in [7, 11) is 1.55. The number of hydrogen-bond donors (Lipinski definition) is 2. The van der Waals surface area contributed by atoms with Gasteiger partial charge in [0.1, 0.15) is 5.75 Å². The fourth-order valence-electron chi connectivity index (χ4n) is 3.07. The first-order chi connectivity index (χ1) is 13.5. The minimum absolute atomic E-state index is 0.204. The Hall–Kier alpha value is -3.22. The second-order valence-electron chi connectivity index (χ2n) is 6.55. The zero-order valence-corrected chi connectivity index (χ0v) is 15.6. The van der Waals surface area contributed by atoms with Crippen LogP contribution in [0.1, 0.15) is 36.0 Å². The van der Waals surface area contributed by atoms with E-state index in [-0.39, 0.29) is 12.0 Å². The molecule has 0 unspecified atom stereocenters. The molecule has 2 aromatic carbocycles. The molecule has 0 saturated heterocycles. The van der Waals surface area contributed by atoms with Gasteiger partial charge in [-0.25, -0.2) is 4.79 Å². The number of aliphatic carboxylic acids is 1. The smallest absolute Gasteiger partial charge is 0.341 e. The number of carboxylic acid groups (broad SMARTS) is 1. The number of carbonyl (C=O) groups excluding carboxylic acids is 1. The molecule has 0 heterocycles. The predicted octanol–water partition coefficient (Wildman–Crippen LogP) is 3.73. The van der Waals surface area contributed by atoms with E-state index in [1.54, 1.807) is 49.6 Å². The molecular formula is C21H23NO6. The second kappa shape index (κ2) is 9.12. The SMILES string of the molecule is COc1cc(C(=O)Nc2ccc(OCC(=O)O)cc2)ccc1OC1CCCC1. The van der Waals surface area contributed by atoms with Gasteiger partial charge in [-0.3, -0.25) is 4.79 Å². The fourth-order valence-corrected chi connectivity index (χ4v) is 3.07. The van der Waals surface area contributed by atoms with Gasteiger partial charge in [-0.1, -0.05) is 0 Å². The van der Waals surface area contributed by atoms with Crippen molar-refractivity contribution < 1.29 is 28.9 Å². The Balaban J connectivity index is 1.64. The van der Waals surface area contributed by atoms with Crippen LogP contribution in [0.15, 0.2) is 42.5 Å². The molecule has 0 radical (unpaired) electrons. The number of benzene rings is 2. The van der Waals surface area contributed by atoms with Crippen molar-refractivity contribution in [1.29, 1.82) is 0 Å². The van der Waals surface area contributed by atoms with Crippen molar-refractivity contribution in [1.82, 2.24) is 0 Å². The average molecular weight is 385 g/mol. The summed E-state index contributed by atoms with van der Waals surface area (Å²) in [5.74, 6) is 0.245. The molecule has 1 fully saturated rings. The summed E-state index contributed by atoms with van der Waals surface area (Å²) in [5.41, 5.74) is 1.01. The third-order valence-electron chi connectivity index (χ3n) is 4.50. The molecule has 2 aromatic rings. The first-order valence-electron chi connectivity index (χ1n) is 9.16. The Morgan fingerprint density at radius 2 is 1.79 bits per heavy atom. The molecule has 7 nitrogen and oxygen atoms in total. The van der Waals surface area contributed by atoms with E-state index in [1.165, 1.54) is 12.8 Å². The zero-order valence-electron chi connectivity index (χ0n) is 15.6. The zero-order chi connectivity index (χ0) is 19.9. The molecule has 0 atom stereocenters. The highest BCUT2D eigenvalue weighted by Gasteiger charge is 2.19. The Bertz CT molecular complexity index is 827. The highest BCUT2D eigenvalue weighted by Crippen LogP contribution is 2.32.